The summed E-state index contributed by atoms with van der Waals surface area (Å²) in [5, 5.41) is 0. The third-order valence-corrected chi connectivity index (χ3v) is 6.53. The molecule has 3 aromatic carbocycles. The summed E-state index contributed by atoms with van der Waals surface area (Å²) < 4.78 is 19.2. The largest absolute Gasteiger partial charge is 0.496 e. The highest BCUT2D eigenvalue weighted by Crippen LogP contribution is 2.38. The van der Waals surface area contributed by atoms with E-state index in [9.17, 15) is 4.79 Å². The van der Waals surface area contributed by atoms with Crippen molar-refractivity contribution in [1.82, 2.24) is 9.55 Å². The number of fused-ring (bicyclic) bond motifs is 2. The zero-order valence-corrected chi connectivity index (χ0v) is 18.9. The molecule has 0 bridgehead atoms. The van der Waals surface area contributed by atoms with E-state index in [4.69, 9.17) is 19.2 Å². The van der Waals surface area contributed by atoms with Crippen LogP contribution < -0.4 is 19.1 Å². The molecule has 1 aromatic heterocycles. The number of ether oxygens (including phenoxy) is 3. The van der Waals surface area contributed by atoms with Crippen molar-refractivity contribution in [3.05, 3.63) is 78.1 Å². The van der Waals surface area contributed by atoms with Gasteiger partial charge in [0, 0.05) is 36.2 Å². The summed E-state index contributed by atoms with van der Waals surface area (Å²) in [5.74, 6) is 3.22. The number of hydrogen-bond donors (Lipinski definition) is 0. The number of aromatic nitrogens is 2. The van der Waals surface area contributed by atoms with Gasteiger partial charge in [0.1, 0.15) is 24.8 Å². The maximum atomic E-state index is 13.1. The van der Waals surface area contributed by atoms with Crippen LogP contribution in [0.4, 0.5) is 5.69 Å². The summed E-state index contributed by atoms with van der Waals surface area (Å²) >= 11 is 0. The van der Waals surface area contributed by atoms with Crippen molar-refractivity contribution in [1.29, 1.82) is 0 Å². The minimum Gasteiger partial charge on any atom is -0.496 e. The van der Waals surface area contributed by atoms with Gasteiger partial charge in [-0.15, -0.1) is 0 Å². The van der Waals surface area contributed by atoms with E-state index >= 15 is 0 Å². The number of hydrogen-bond acceptors (Lipinski definition) is 5. The Morgan fingerprint density at radius 1 is 1.00 bits per heavy atom. The number of carbonyl (C=O) groups excluding carboxylic acids is 1. The van der Waals surface area contributed by atoms with Gasteiger partial charge in [0.05, 0.1) is 24.7 Å². The third kappa shape index (κ3) is 3.53. The van der Waals surface area contributed by atoms with Gasteiger partial charge >= 0.3 is 0 Å². The summed E-state index contributed by atoms with van der Waals surface area (Å²) in [6, 6.07) is 21.8. The zero-order chi connectivity index (χ0) is 23.1. The van der Waals surface area contributed by atoms with Crippen LogP contribution in [0.2, 0.25) is 0 Å². The quantitative estimate of drug-likeness (QED) is 0.447. The van der Waals surface area contributed by atoms with E-state index in [1.807, 2.05) is 59.5 Å². The highest BCUT2D eigenvalue weighted by atomic mass is 16.6. The smallest absolute Gasteiger partial charge is 0.227 e. The Morgan fingerprint density at radius 3 is 2.68 bits per heavy atom. The molecule has 1 fully saturated rings. The highest BCUT2D eigenvalue weighted by molar-refractivity contribution is 5.97. The molecule has 3 heterocycles. The molecule has 172 valence electrons. The van der Waals surface area contributed by atoms with Crippen molar-refractivity contribution in [2.24, 2.45) is 0 Å². The third-order valence-electron chi connectivity index (χ3n) is 6.53. The lowest BCUT2D eigenvalue weighted by Crippen LogP contribution is -2.25. The van der Waals surface area contributed by atoms with E-state index in [0.717, 1.165) is 39.6 Å². The molecule has 0 aliphatic carbocycles. The molecule has 7 heteroatoms. The minimum absolute atomic E-state index is 0.0252. The SMILES string of the molecule is COc1ccccc1Cn1c(C2CC(=O)N(c3ccc4c(c3)OCCO4)C2)nc2ccccc21. The maximum absolute atomic E-state index is 13.1. The lowest BCUT2D eigenvalue weighted by atomic mass is 10.1. The fourth-order valence-electron chi connectivity index (χ4n) is 4.91. The van der Waals surface area contributed by atoms with E-state index < -0.39 is 0 Å². The molecule has 7 nitrogen and oxygen atoms in total. The van der Waals surface area contributed by atoms with Crippen LogP contribution in [-0.2, 0) is 11.3 Å². The van der Waals surface area contributed by atoms with Crippen LogP contribution in [0.25, 0.3) is 11.0 Å². The Kier molecular flexibility index (Phi) is 5.09. The van der Waals surface area contributed by atoms with Gasteiger partial charge < -0.3 is 23.7 Å². The molecule has 0 radical (unpaired) electrons. The number of imidazole rings is 1. The van der Waals surface area contributed by atoms with Crippen LogP contribution in [0, 0.1) is 0 Å². The summed E-state index contributed by atoms with van der Waals surface area (Å²) in [7, 11) is 1.69. The first-order valence-electron chi connectivity index (χ1n) is 11.5. The number of methoxy groups -OCH3 is 1. The Labute approximate surface area is 197 Å². The van der Waals surface area contributed by atoms with Gasteiger partial charge in [-0.25, -0.2) is 4.98 Å². The average Bonchev–Trinajstić information content (AvgIpc) is 3.44. The summed E-state index contributed by atoms with van der Waals surface area (Å²) in [5.41, 5.74) is 3.87. The minimum atomic E-state index is -0.0252. The van der Waals surface area contributed by atoms with Gasteiger partial charge in [-0.3, -0.25) is 4.79 Å². The van der Waals surface area contributed by atoms with Crippen LogP contribution in [0.15, 0.2) is 66.7 Å². The predicted octanol–water partition coefficient (Wildman–Crippen LogP) is 4.38. The van der Waals surface area contributed by atoms with Crippen molar-refractivity contribution in [3.8, 4) is 17.2 Å². The van der Waals surface area contributed by atoms with Gasteiger partial charge in [0.15, 0.2) is 11.5 Å². The first kappa shape index (κ1) is 20.6. The molecular formula is C27H25N3O4. The Morgan fingerprint density at radius 2 is 1.79 bits per heavy atom. The number of benzene rings is 3. The maximum Gasteiger partial charge on any atom is 0.227 e. The van der Waals surface area contributed by atoms with E-state index in [1.165, 1.54) is 0 Å². The Balaban J connectivity index is 1.36. The van der Waals surface area contributed by atoms with E-state index in [1.54, 1.807) is 7.11 Å². The topological polar surface area (TPSA) is 65.8 Å². The van der Waals surface area contributed by atoms with Crippen molar-refractivity contribution in [2.45, 2.75) is 18.9 Å². The number of nitrogens with zero attached hydrogens (tertiary/aromatic N) is 3. The lowest BCUT2D eigenvalue weighted by Gasteiger charge is -2.22. The fourth-order valence-corrected chi connectivity index (χ4v) is 4.91. The van der Waals surface area contributed by atoms with Crippen LogP contribution >= 0.6 is 0 Å². The molecule has 6 rings (SSSR count). The lowest BCUT2D eigenvalue weighted by molar-refractivity contribution is -0.117. The Hall–Kier alpha value is -4.00. The van der Waals surface area contributed by atoms with Crippen molar-refractivity contribution in [2.75, 3.05) is 31.8 Å². The van der Waals surface area contributed by atoms with E-state index in [2.05, 4.69) is 16.7 Å². The standard InChI is InChI=1S/C27H25N3O4/c1-32-23-9-5-2-6-18(23)16-30-22-8-4-3-7-21(22)28-27(30)19-14-26(31)29(17-19)20-10-11-24-25(15-20)34-13-12-33-24/h2-11,15,19H,12-14,16-17H2,1H3. The molecule has 1 unspecified atom stereocenters. The van der Waals surface area contributed by atoms with Gasteiger partial charge in [-0.1, -0.05) is 30.3 Å². The first-order valence-corrected chi connectivity index (χ1v) is 11.5. The number of amides is 1. The number of para-hydroxylation sites is 3. The van der Waals surface area contributed by atoms with Crippen LogP contribution in [0.1, 0.15) is 23.7 Å². The summed E-state index contributed by atoms with van der Waals surface area (Å²) in [6.45, 7) is 2.24. The van der Waals surface area contributed by atoms with Gasteiger partial charge in [-0.2, -0.15) is 0 Å². The van der Waals surface area contributed by atoms with Crippen LogP contribution in [-0.4, -0.2) is 42.3 Å². The molecule has 1 amide bonds. The zero-order valence-electron chi connectivity index (χ0n) is 18.9. The second-order valence-corrected chi connectivity index (χ2v) is 8.59. The summed E-state index contributed by atoms with van der Waals surface area (Å²) in [6.07, 6.45) is 0.406. The predicted molar refractivity (Wildman–Crippen MR) is 129 cm³/mol. The first-order chi connectivity index (χ1) is 16.7. The molecule has 2 aliphatic heterocycles. The second-order valence-electron chi connectivity index (χ2n) is 8.59. The van der Waals surface area contributed by atoms with Crippen molar-refractivity contribution < 1.29 is 19.0 Å². The summed E-state index contributed by atoms with van der Waals surface area (Å²) in [4.78, 5) is 19.9. The van der Waals surface area contributed by atoms with Crippen molar-refractivity contribution in [3.63, 3.8) is 0 Å². The average molecular weight is 456 g/mol. The monoisotopic (exact) mass is 455 g/mol. The van der Waals surface area contributed by atoms with Gasteiger partial charge in [0.2, 0.25) is 5.91 Å². The molecule has 34 heavy (non-hydrogen) atoms. The van der Waals surface area contributed by atoms with Gasteiger partial charge in [-0.05, 0) is 30.3 Å². The fraction of sp³-hybridized carbons (Fsp3) is 0.259. The van der Waals surface area contributed by atoms with Crippen molar-refractivity contribution >= 4 is 22.6 Å². The number of anilines is 1. The molecule has 2 aliphatic rings. The van der Waals surface area contributed by atoms with E-state index in [-0.39, 0.29) is 11.8 Å². The molecule has 1 saturated heterocycles. The Bertz CT molecular complexity index is 1380. The number of carbonyl (C=O) groups is 1. The second kappa shape index (κ2) is 8.41. The molecule has 0 saturated carbocycles. The highest BCUT2D eigenvalue weighted by Gasteiger charge is 2.35. The molecule has 0 N–H and O–H groups in total. The molecular weight excluding hydrogens is 430 g/mol. The molecule has 4 aromatic rings. The number of rotatable bonds is 5. The van der Waals surface area contributed by atoms with Crippen LogP contribution in [0.3, 0.4) is 0 Å². The van der Waals surface area contributed by atoms with Crippen LogP contribution in [0.5, 0.6) is 17.2 Å². The molecule has 1 atom stereocenters. The molecule has 0 spiro atoms. The van der Waals surface area contributed by atoms with Gasteiger partial charge in [0.25, 0.3) is 0 Å². The van der Waals surface area contributed by atoms with E-state index in [0.29, 0.717) is 38.5 Å². The normalized spacial score (nSPS) is 17.4.